The molecule has 0 saturated carbocycles. The molecule has 0 amide bonds. The van der Waals surface area contributed by atoms with Crippen LogP contribution in [-0.2, 0) is 16.9 Å². The number of fused-ring (bicyclic) bond motifs is 1. The Kier molecular flexibility index (Phi) is 5.62. The number of piperidine rings is 1. The van der Waals surface area contributed by atoms with Crippen molar-refractivity contribution >= 4 is 11.0 Å². The number of nitriles is 1. The van der Waals surface area contributed by atoms with E-state index in [-0.39, 0.29) is 6.61 Å². The summed E-state index contributed by atoms with van der Waals surface area (Å²) >= 11 is 0. The van der Waals surface area contributed by atoms with Crippen LogP contribution in [0.4, 0.5) is 8.78 Å². The Hall–Kier alpha value is -4.28. The van der Waals surface area contributed by atoms with E-state index in [9.17, 15) is 14.0 Å². The van der Waals surface area contributed by atoms with E-state index in [4.69, 9.17) is 4.74 Å². The molecular weight excluding hydrogens is 470 g/mol. The Morgan fingerprint density at radius 1 is 1.03 bits per heavy atom. The van der Waals surface area contributed by atoms with Gasteiger partial charge in [-0.1, -0.05) is 43.0 Å². The first-order valence-electron chi connectivity index (χ1n) is 12.2. The number of allylic oxidation sites excluding steroid dienone is 2. The Bertz CT molecular complexity index is 1550. The maximum Gasteiger partial charge on any atom is 0.161 e. The van der Waals surface area contributed by atoms with Gasteiger partial charge in [-0.05, 0) is 53.3 Å². The van der Waals surface area contributed by atoms with E-state index in [1.54, 1.807) is 6.07 Å². The Balaban J connectivity index is 1.27. The van der Waals surface area contributed by atoms with Crippen LogP contribution in [0.5, 0.6) is 0 Å². The van der Waals surface area contributed by atoms with Crippen LogP contribution >= 0.6 is 0 Å². The molecule has 2 aliphatic rings. The predicted molar refractivity (Wildman–Crippen MR) is 137 cm³/mol. The van der Waals surface area contributed by atoms with E-state index in [2.05, 4.69) is 57.9 Å². The number of aromatic amines is 1. The van der Waals surface area contributed by atoms with Gasteiger partial charge in [-0.25, -0.2) is 13.8 Å². The van der Waals surface area contributed by atoms with Crippen LogP contribution in [0.2, 0.25) is 0 Å². The molecule has 5 nitrogen and oxygen atoms in total. The van der Waals surface area contributed by atoms with Crippen molar-refractivity contribution in [1.82, 2.24) is 14.9 Å². The first-order valence-corrected chi connectivity index (χ1v) is 12.2. The summed E-state index contributed by atoms with van der Waals surface area (Å²) in [6, 6.07) is 20.2. The van der Waals surface area contributed by atoms with Crippen LogP contribution in [0.25, 0.3) is 22.2 Å². The molecule has 0 atom stereocenters. The number of nitrogens with zero attached hydrogens (tertiary/aromatic N) is 3. The minimum absolute atomic E-state index is 0.180. The highest BCUT2D eigenvalue weighted by atomic mass is 19.2. The zero-order chi connectivity index (χ0) is 25.6. The van der Waals surface area contributed by atoms with Crippen LogP contribution in [-0.4, -0.2) is 28.0 Å². The third kappa shape index (κ3) is 4.41. The molecule has 7 heteroatoms. The van der Waals surface area contributed by atoms with Crippen LogP contribution in [0.1, 0.15) is 29.8 Å². The molecule has 1 saturated heterocycles. The second kappa shape index (κ2) is 8.99. The maximum atomic E-state index is 13.7. The fourth-order valence-electron chi connectivity index (χ4n) is 5.12. The predicted octanol–water partition coefficient (Wildman–Crippen LogP) is 6.34. The summed E-state index contributed by atoms with van der Waals surface area (Å²) in [6.07, 6.45) is 3.62. The highest BCUT2D eigenvalue weighted by Gasteiger charge is 2.39. The number of benzene rings is 3. The van der Waals surface area contributed by atoms with Crippen molar-refractivity contribution in [3.05, 3.63) is 113 Å². The van der Waals surface area contributed by atoms with E-state index in [1.165, 1.54) is 5.70 Å². The summed E-state index contributed by atoms with van der Waals surface area (Å²) in [6.45, 7) is 5.86. The molecule has 2 heterocycles. The molecule has 37 heavy (non-hydrogen) atoms. The Labute approximate surface area is 213 Å². The Morgan fingerprint density at radius 2 is 1.76 bits per heavy atom. The zero-order valence-electron chi connectivity index (χ0n) is 20.1. The number of ether oxygens (including phenoxy) is 1. The van der Waals surface area contributed by atoms with E-state index in [1.807, 2.05) is 18.2 Å². The molecule has 0 radical (unpaired) electrons. The first kappa shape index (κ1) is 23.1. The molecule has 184 valence electrons. The summed E-state index contributed by atoms with van der Waals surface area (Å²) < 4.78 is 33.9. The van der Waals surface area contributed by atoms with Gasteiger partial charge in [0.1, 0.15) is 12.4 Å². The fraction of sp³-hybridized carbons (Fsp3) is 0.200. The molecular formula is C30H24F2N4O. The number of halogens is 2. The third-order valence-corrected chi connectivity index (χ3v) is 7.26. The smallest absolute Gasteiger partial charge is 0.161 e. The van der Waals surface area contributed by atoms with Gasteiger partial charge in [-0.2, -0.15) is 5.26 Å². The average molecular weight is 495 g/mol. The molecule has 4 aromatic rings. The van der Waals surface area contributed by atoms with E-state index < -0.39 is 17.2 Å². The average Bonchev–Trinajstić information content (AvgIpc) is 3.53. The molecule has 1 fully saturated rings. The van der Waals surface area contributed by atoms with Crippen molar-refractivity contribution in [2.24, 2.45) is 0 Å². The zero-order valence-corrected chi connectivity index (χ0v) is 20.1. The van der Waals surface area contributed by atoms with E-state index in [0.29, 0.717) is 22.4 Å². The topological polar surface area (TPSA) is 64.9 Å². The van der Waals surface area contributed by atoms with Crippen molar-refractivity contribution in [2.45, 2.75) is 25.0 Å². The Morgan fingerprint density at radius 3 is 2.46 bits per heavy atom. The van der Waals surface area contributed by atoms with Crippen LogP contribution < -0.4 is 0 Å². The van der Waals surface area contributed by atoms with Gasteiger partial charge in [0, 0.05) is 30.9 Å². The normalized spacial score (nSPS) is 16.5. The van der Waals surface area contributed by atoms with Gasteiger partial charge in [0.25, 0.3) is 0 Å². The lowest BCUT2D eigenvalue weighted by Gasteiger charge is -2.42. The number of rotatable bonds is 6. The summed E-state index contributed by atoms with van der Waals surface area (Å²) in [7, 11) is 0. The summed E-state index contributed by atoms with van der Waals surface area (Å²) in [5, 5.41) is 9.24. The van der Waals surface area contributed by atoms with Gasteiger partial charge in [0.2, 0.25) is 0 Å². The highest BCUT2D eigenvalue weighted by molar-refractivity contribution is 5.75. The number of H-pyrrole nitrogens is 1. The van der Waals surface area contributed by atoms with Crippen molar-refractivity contribution in [3.8, 4) is 17.2 Å². The molecule has 6 rings (SSSR count). The second-order valence-corrected chi connectivity index (χ2v) is 9.56. The molecule has 0 unspecified atom stereocenters. The van der Waals surface area contributed by atoms with Crippen molar-refractivity contribution in [2.75, 3.05) is 13.1 Å². The molecule has 3 aromatic carbocycles. The minimum Gasteiger partial charge on any atom is -0.371 e. The van der Waals surface area contributed by atoms with Gasteiger partial charge >= 0.3 is 0 Å². The number of nitrogens with one attached hydrogen (secondary N) is 1. The van der Waals surface area contributed by atoms with Crippen LogP contribution in [0.15, 0.2) is 84.6 Å². The molecule has 1 aliphatic carbocycles. The number of hydrogen-bond acceptors (Lipinski definition) is 4. The molecule has 1 N–H and O–H groups in total. The SMILES string of the molecule is C=C1C=C1N1CCC(OCc2nc3cc(F)c(F)cc3[nH]2)(c2ccc(-c3cccc(C#N)c3)cc2)CC1. The third-order valence-electron chi connectivity index (χ3n) is 7.26. The first-order chi connectivity index (χ1) is 17.9. The number of hydrogen-bond donors (Lipinski definition) is 1. The van der Waals surface area contributed by atoms with Gasteiger partial charge in [-0.3, -0.25) is 0 Å². The number of aromatic nitrogens is 2. The summed E-state index contributed by atoms with van der Waals surface area (Å²) in [5.74, 6) is -1.32. The molecule has 1 aliphatic heterocycles. The van der Waals surface area contributed by atoms with Gasteiger partial charge in [0.15, 0.2) is 11.6 Å². The van der Waals surface area contributed by atoms with Crippen molar-refractivity contribution in [1.29, 1.82) is 5.26 Å². The number of imidazole rings is 1. The molecule has 1 aromatic heterocycles. The highest BCUT2D eigenvalue weighted by Crippen LogP contribution is 2.42. The molecule has 0 spiro atoms. The van der Waals surface area contributed by atoms with Gasteiger partial charge in [-0.15, -0.1) is 0 Å². The van der Waals surface area contributed by atoms with Gasteiger partial charge in [0.05, 0.1) is 28.3 Å². The van der Waals surface area contributed by atoms with Crippen molar-refractivity contribution < 1.29 is 13.5 Å². The number of likely N-dealkylation sites (tertiary alicyclic amines) is 1. The van der Waals surface area contributed by atoms with Crippen LogP contribution in [0.3, 0.4) is 0 Å². The monoisotopic (exact) mass is 494 g/mol. The lowest BCUT2D eigenvalue weighted by Crippen LogP contribution is -2.43. The molecule has 0 bridgehead atoms. The van der Waals surface area contributed by atoms with Crippen LogP contribution in [0, 0.1) is 23.0 Å². The van der Waals surface area contributed by atoms with E-state index >= 15 is 0 Å². The largest absolute Gasteiger partial charge is 0.371 e. The minimum atomic E-state index is -0.924. The fourth-order valence-corrected chi connectivity index (χ4v) is 5.12. The summed E-state index contributed by atoms with van der Waals surface area (Å²) in [4.78, 5) is 9.80. The van der Waals surface area contributed by atoms with Gasteiger partial charge < -0.3 is 14.6 Å². The lowest BCUT2D eigenvalue weighted by molar-refractivity contribution is -0.0968. The van der Waals surface area contributed by atoms with E-state index in [0.717, 1.165) is 60.3 Å². The lowest BCUT2D eigenvalue weighted by atomic mass is 9.83. The maximum absolute atomic E-state index is 13.7. The second-order valence-electron chi connectivity index (χ2n) is 9.56. The standard InChI is InChI=1S/C30H24F2N4O/c1-19-13-28(19)36-11-9-30(10-12-36,37-18-29-34-26-15-24(31)25(32)16-27(26)35-29)23-7-5-21(6-8-23)22-4-2-3-20(14-22)17-33/h2-8,13-16H,1,9-12,18H2,(H,34,35). The van der Waals surface area contributed by atoms with Crippen molar-refractivity contribution in [3.63, 3.8) is 0 Å². The summed E-state index contributed by atoms with van der Waals surface area (Å²) in [5.41, 5.74) is 6.23. The quantitative estimate of drug-likeness (QED) is 0.340.